The number of hydrogen-bond donors (Lipinski definition) is 1. The van der Waals surface area contributed by atoms with Crippen LogP contribution in [0.15, 0.2) is 42.5 Å². The Morgan fingerprint density at radius 2 is 1.76 bits per heavy atom. The predicted molar refractivity (Wildman–Crippen MR) is 68.6 cm³/mol. The maximum absolute atomic E-state index is 11.3. The van der Waals surface area contributed by atoms with Crippen molar-refractivity contribution in [1.29, 1.82) is 0 Å². The zero-order valence-electron chi connectivity index (χ0n) is 9.27. The number of aryl methyl sites for hydroxylation is 1. The Balaban J connectivity index is 2.63. The van der Waals surface area contributed by atoms with E-state index in [2.05, 4.69) is 0 Å². The average molecular weight is 247 g/mol. The van der Waals surface area contributed by atoms with Gasteiger partial charge in [0.2, 0.25) is 0 Å². The van der Waals surface area contributed by atoms with Crippen molar-refractivity contribution in [3.05, 3.63) is 58.6 Å². The molecule has 0 saturated heterocycles. The van der Waals surface area contributed by atoms with Crippen molar-refractivity contribution in [3.63, 3.8) is 0 Å². The lowest BCUT2D eigenvalue weighted by molar-refractivity contribution is 0.0697. The summed E-state index contributed by atoms with van der Waals surface area (Å²) in [7, 11) is 0. The molecule has 17 heavy (non-hydrogen) atoms. The molecule has 1 N–H and O–H groups in total. The molecule has 0 radical (unpaired) electrons. The van der Waals surface area contributed by atoms with Crippen molar-refractivity contribution in [2.24, 2.45) is 0 Å². The lowest BCUT2D eigenvalue weighted by Gasteiger charge is -2.09. The van der Waals surface area contributed by atoms with E-state index in [4.69, 9.17) is 11.6 Å². The van der Waals surface area contributed by atoms with E-state index in [-0.39, 0.29) is 0 Å². The molecular formula is C14H11ClO2. The Morgan fingerprint density at radius 3 is 2.35 bits per heavy atom. The van der Waals surface area contributed by atoms with Gasteiger partial charge >= 0.3 is 5.97 Å². The number of halogens is 1. The molecule has 0 bridgehead atoms. The second kappa shape index (κ2) is 4.60. The largest absolute Gasteiger partial charge is 0.478 e. The molecule has 0 aliphatic rings. The highest BCUT2D eigenvalue weighted by Crippen LogP contribution is 2.27. The van der Waals surface area contributed by atoms with E-state index in [1.54, 1.807) is 31.2 Å². The van der Waals surface area contributed by atoms with E-state index in [0.29, 0.717) is 16.1 Å². The molecule has 2 nitrogen and oxygen atoms in total. The molecule has 0 heterocycles. The van der Waals surface area contributed by atoms with Gasteiger partial charge in [-0.05, 0) is 35.7 Å². The number of carbonyl (C=O) groups is 1. The summed E-state index contributed by atoms with van der Waals surface area (Å²) < 4.78 is 0. The van der Waals surface area contributed by atoms with Crippen LogP contribution >= 0.6 is 11.6 Å². The van der Waals surface area contributed by atoms with Crippen LogP contribution in [-0.2, 0) is 0 Å². The molecule has 0 atom stereocenters. The minimum absolute atomic E-state index is 0.342. The van der Waals surface area contributed by atoms with Gasteiger partial charge in [-0.2, -0.15) is 0 Å². The summed E-state index contributed by atoms with van der Waals surface area (Å²) >= 11 is 5.82. The Labute approximate surface area is 104 Å². The Kier molecular flexibility index (Phi) is 3.16. The molecule has 0 unspecified atom stereocenters. The monoisotopic (exact) mass is 246 g/mol. The second-order valence-corrected chi connectivity index (χ2v) is 4.25. The SMILES string of the molecule is Cc1cccc(-c2ccc(Cl)cc2)c1C(=O)O. The van der Waals surface area contributed by atoms with Gasteiger partial charge in [0, 0.05) is 5.02 Å². The second-order valence-electron chi connectivity index (χ2n) is 3.81. The van der Waals surface area contributed by atoms with Gasteiger partial charge in [0.1, 0.15) is 0 Å². The third kappa shape index (κ3) is 2.32. The third-order valence-corrected chi connectivity index (χ3v) is 2.89. The summed E-state index contributed by atoms with van der Waals surface area (Å²) in [5.41, 5.74) is 2.67. The van der Waals surface area contributed by atoms with Gasteiger partial charge in [-0.3, -0.25) is 0 Å². The summed E-state index contributed by atoms with van der Waals surface area (Å²) in [6.45, 7) is 1.79. The van der Waals surface area contributed by atoms with Crippen LogP contribution in [0.1, 0.15) is 15.9 Å². The lowest BCUT2D eigenvalue weighted by Crippen LogP contribution is -2.02. The number of rotatable bonds is 2. The highest BCUT2D eigenvalue weighted by Gasteiger charge is 2.13. The fourth-order valence-corrected chi connectivity index (χ4v) is 1.95. The summed E-state index contributed by atoms with van der Waals surface area (Å²) in [6.07, 6.45) is 0. The summed E-state index contributed by atoms with van der Waals surface area (Å²) in [4.78, 5) is 11.3. The van der Waals surface area contributed by atoms with Crippen LogP contribution in [0.2, 0.25) is 5.02 Å². The van der Waals surface area contributed by atoms with Gasteiger partial charge in [0.05, 0.1) is 5.56 Å². The van der Waals surface area contributed by atoms with Crippen molar-refractivity contribution >= 4 is 17.6 Å². The summed E-state index contributed by atoms with van der Waals surface area (Å²) in [6, 6.07) is 12.6. The average Bonchev–Trinajstić information content (AvgIpc) is 2.29. The highest BCUT2D eigenvalue weighted by molar-refractivity contribution is 6.30. The minimum Gasteiger partial charge on any atom is -0.478 e. The van der Waals surface area contributed by atoms with Crippen LogP contribution in [0.3, 0.4) is 0 Å². The smallest absolute Gasteiger partial charge is 0.336 e. The molecule has 0 aromatic heterocycles. The Morgan fingerprint density at radius 1 is 1.12 bits per heavy atom. The van der Waals surface area contributed by atoms with Crippen molar-refractivity contribution in [2.75, 3.05) is 0 Å². The zero-order chi connectivity index (χ0) is 12.4. The molecule has 0 fully saturated rings. The number of carboxylic acid groups (broad SMARTS) is 1. The molecule has 86 valence electrons. The van der Waals surface area contributed by atoms with Crippen molar-refractivity contribution in [3.8, 4) is 11.1 Å². The van der Waals surface area contributed by atoms with E-state index in [0.717, 1.165) is 11.1 Å². The van der Waals surface area contributed by atoms with E-state index in [1.165, 1.54) is 0 Å². The van der Waals surface area contributed by atoms with E-state index in [9.17, 15) is 9.90 Å². The van der Waals surface area contributed by atoms with Crippen LogP contribution in [0.4, 0.5) is 0 Å². The van der Waals surface area contributed by atoms with Crippen LogP contribution in [0.5, 0.6) is 0 Å². The molecular weight excluding hydrogens is 236 g/mol. The fourth-order valence-electron chi connectivity index (χ4n) is 1.82. The lowest BCUT2D eigenvalue weighted by atomic mass is 9.96. The first-order valence-electron chi connectivity index (χ1n) is 5.18. The molecule has 0 aliphatic heterocycles. The van der Waals surface area contributed by atoms with E-state index < -0.39 is 5.97 Å². The molecule has 0 amide bonds. The van der Waals surface area contributed by atoms with Gasteiger partial charge in [-0.15, -0.1) is 0 Å². The van der Waals surface area contributed by atoms with E-state index >= 15 is 0 Å². The van der Waals surface area contributed by atoms with Crippen LogP contribution in [0, 0.1) is 6.92 Å². The molecule has 0 aliphatic carbocycles. The molecule has 0 spiro atoms. The predicted octanol–water partition coefficient (Wildman–Crippen LogP) is 4.01. The maximum Gasteiger partial charge on any atom is 0.336 e. The van der Waals surface area contributed by atoms with Gasteiger partial charge in [-0.25, -0.2) is 4.79 Å². The standard InChI is InChI=1S/C14H11ClO2/c1-9-3-2-4-12(13(9)14(16)17)10-5-7-11(15)8-6-10/h2-8H,1H3,(H,16,17). The quantitative estimate of drug-likeness (QED) is 0.869. The third-order valence-electron chi connectivity index (χ3n) is 2.64. The van der Waals surface area contributed by atoms with Crippen molar-refractivity contribution in [1.82, 2.24) is 0 Å². The number of hydrogen-bond acceptors (Lipinski definition) is 1. The van der Waals surface area contributed by atoms with E-state index in [1.807, 2.05) is 18.2 Å². The first-order chi connectivity index (χ1) is 8.09. The first kappa shape index (κ1) is 11.7. The van der Waals surface area contributed by atoms with Gasteiger partial charge in [0.15, 0.2) is 0 Å². The molecule has 0 saturated carbocycles. The van der Waals surface area contributed by atoms with Crippen molar-refractivity contribution < 1.29 is 9.90 Å². The van der Waals surface area contributed by atoms with Crippen molar-refractivity contribution in [2.45, 2.75) is 6.92 Å². The number of carboxylic acids is 1. The Hall–Kier alpha value is -1.80. The molecule has 2 rings (SSSR count). The number of benzene rings is 2. The molecule has 3 heteroatoms. The normalized spacial score (nSPS) is 10.2. The Bertz CT molecular complexity index is 559. The van der Waals surface area contributed by atoms with Gasteiger partial charge in [0.25, 0.3) is 0 Å². The van der Waals surface area contributed by atoms with Crippen LogP contribution < -0.4 is 0 Å². The maximum atomic E-state index is 11.3. The highest BCUT2D eigenvalue weighted by atomic mass is 35.5. The van der Waals surface area contributed by atoms with Gasteiger partial charge in [-0.1, -0.05) is 41.9 Å². The topological polar surface area (TPSA) is 37.3 Å². The summed E-state index contributed by atoms with van der Waals surface area (Å²) in [5, 5.41) is 9.87. The first-order valence-corrected chi connectivity index (χ1v) is 5.56. The van der Waals surface area contributed by atoms with Gasteiger partial charge < -0.3 is 5.11 Å². The number of aromatic carboxylic acids is 1. The van der Waals surface area contributed by atoms with Crippen LogP contribution in [0.25, 0.3) is 11.1 Å². The molecule has 2 aromatic rings. The fraction of sp³-hybridized carbons (Fsp3) is 0.0714. The minimum atomic E-state index is -0.909. The summed E-state index contributed by atoms with van der Waals surface area (Å²) in [5.74, 6) is -0.909. The zero-order valence-corrected chi connectivity index (χ0v) is 10.0. The molecule has 2 aromatic carbocycles. The van der Waals surface area contributed by atoms with Crippen LogP contribution in [-0.4, -0.2) is 11.1 Å².